The van der Waals surface area contributed by atoms with Gasteiger partial charge in [0.15, 0.2) is 6.10 Å². The number of nitrogens with two attached hydrogens (primary N) is 1. The van der Waals surface area contributed by atoms with Gasteiger partial charge in [-0.3, -0.25) is 4.79 Å². The van der Waals surface area contributed by atoms with Gasteiger partial charge in [-0.05, 0) is 37.3 Å². The van der Waals surface area contributed by atoms with Crippen molar-refractivity contribution in [2.75, 3.05) is 7.11 Å². The third kappa shape index (κ3) is 4.70. The fourth-order valence-electron chi connectivity index (χ4n) is 2.70. The third-order valence-electron chi connectivity index (χ3n) is 4.22. The van der Waals surface area contributed by atoms with Crippen molar-refractivity contribution in [2.24, 2.45) is 5.73 Å². The highest BCUT2D eigenvalue weighted by Gasteiger charge is 2.16. The van der Waals surface area contributed by atoms with Crippen LogP contribution in [0, 0.1) is 0 Å². The lowest BCUT2D eigenvalue weighted by Crippen LogP contribution is -2.29. The molecule has 29 heavy (non-hydrogen) atoms. The van der Waals surface area contributed by atoms with Gasteiger partial charge in [-0.15, -0.1) is 0 Å². The van der Waals surface area contributed by atoms with Crippen LogP contribution in [0.25, 0.3) is 23.0 Å². The SMILES string of the molecule is COc1ccccc1-c1nn(-c2ccccc2)cc1/C=C/C(=O)O[C@@H](C)C(N)=O. The number of carbonyl (C=O) groups excluding carboxylic acids is 2. The van der Waals surface area contributed by atoms with E-state index in [4.69, 9.17) is 15.2 Å². The molecule has 1 aromatic heterocycles. The minimum Gasteiger partial charge on any atom is -0.496 e. The number of nitrogens with zero attached hydrogens (tertiary/aromatic N) is 2. The van der Waals surface area contributed by atoms with Crippen molar-refractivity contribution in [1.29, 1.82) is 0 Å². The summed E-state index contributed by atoms with van der Waals surface area (Å²) in [6.45, 7) is 1.42. The van der Waals surface area contributed by atoms with Crippen molar-refractivity contribution in [3.05, 3.63) is 72.4 Å². The molecule has 0 bridgehead atoms. The zero-order valence-electron chi connectivity index (χ0n) is 16.1. The Labute approximate surface area is 168 Å². The number of para-hydroxylation sites is 2. The maximum absolute atomic E-state index is 12.0. The van der Waals surface area contributed by atoms with E-state index in [9.17, 15) is 9.59 Å². The minimum atomic E-state index is -1.01. The molecule has 0 saturated carbocycles. The molecule has 3 aromatic rings. The highest BCUT2D eigenvalue weighted by Crippen LogP contribution is 2.32. The molecule has 1 atom stereocenters. The van der Waals surface area contributed by atoms with Gasteiger partial charge in [0, 0.05) is 23.4 Å². The van der Waals surface area contributed by atoms with Crippen molar-refractivity contribution in [1.82, 2.24) is 9.78 Å². The van der Waals surface area contributed by atoms with E-state index in [0.717, 1.165) is 11.3 Å². The fraction of sp³-hybridized carbons (Fsp3) is 0.136. The second-order valence-electron chi connectivity index (χ2n) is 6.23. The molecule has 3 rings (SSSR count). The zero-order chi connectivity index (χ0) is 20.8. The number of benzene rings is 2. The maximum atomic E-state index is 12.0. The minimum absolute atomic E-state index is 0.637. The Hall–Kier alpha value is -3.87. The van der Waals surface area contributed by atoms with Crippen LogP contribution in [0.5, 0.6) is 5.75 Å². The predicted molar refractivity (Wildman–Crippen MR) is 109 cm³/mol. The quantitative estimate of drug-likeness (QED) is 0.493. The van der Waals surface area contributed by atoms with Crippen LogP contribution in [-0.4, -0.2) is 34.9 Å². The van der Waals surface area contributed by atoms with Gasteiger partial charge in [0.1, 0.15) is 11.4 Å². The number of hydrogen-bond acceptors (Lipinski definition) is 5. The normalized spacial score (nSPS) is 11.9. The number of amides is 1. The van der Waals surface area contributed by atoms with E-state index in [2.05, 4.69) is 5.10 Å². The van der Waals surface area contributed by atoms with E-state index >= 15 is 0 Å². The van der Waals surface area contributed by atoms with E-state index < -0.39 is 18.0 Å². The number of aromatic nitrogens is 2. The van der Waals surface area contributed by atoms with Gasteiger partial charge in [-0.1, -0.05) is 30.3 Å². The summed E-state index contributed by atoms with van der Waals surface area (Å²) in [7, 11) is 1.59. The van der Waals surface area contributed by atoms with Crippen molar-refractivity contribution < 1.29 is 19.1 Å². The highest BCUT2D eigenvalue weighted by atomic mass is 16.5. The molecule has 148 valence electrons. The van der Waals surface area contributed by atoms with Gasteiger partial charge in [0.25, 0.3) is 5.91 Å². The first-order valence-electron chi connectivity index (χ1n) is 8.96. The molecular weight excluding hydrogens is 370 g/mol. The number of methoxy groups -OCH3 is 1. The Kier molecular flexibility index (Phi) is 6.09. The Morgan fingerprint density at radius 3 is 2.48 bits per heavy atom. The third-order valence-corrected chi connectivity index (χ3v) is 4.22. The summed E-state index contributed by atoms with van der Waals surface area (Å²) in [4.78, 5) is 23.1. The van der Waals surface area contributed by atoms with E-state index in [-0.39, 0.29) is 0 Å². The monoisotopic (exact) mass is 391 g/mol. The molecule has 0 saturated heterocycles. The second kappa shape index (κ2) is 8.88. The Bertz CT molecular complexity index is 1040. The molecule has 0 aliphatic rings. The zero-order valence-corrected chi connectivity index (χ0v) is 16.1. The molecule has 2 aromatic carbocycles. The van der Waals surface area contributed by atoms with Gasteiger partial charge in [0.05, 0.1) is 12.8 Å². The number of esters is 1. The van der Waals surface area contributed by atoms with Crippen molar-refractivity contribution in [3.8, 4) is 22.7 Å². The molecule has 0 fully saturated rings. The Morgan fingerprint density at radius 1 is 1.10 bits per heavy atom. The highest BCUT2D eigenvalue weighted by molar-refractivity contribution is 5.91. The average molecular weight is 391 g/mol. The topological polar surface area (TPSA) is 96.4 Å². The summed E-state index contributed by atoms with van der Waals surface area (Å²) < 4.78 is 12.1. The number of primary amides is 1. The first-order chi connectivity index (χ1) is 14.0. The van der Waals surface area contributed by atoms with Crippen LogP contribution in [-0.2, 0) is 14.3 Å². The van der Waals surface area contributed by atoms with Crippen LogP contribution in [0.3, 0.4) is 0 Å². The van der Waals surface area contributed by atoms with Crippen molar-refractivity contribution in [3.63, 3.8) is 0 Å². The molecular formula is C22H21N3O4. The molecule has 0 aliphatic heterocycles. The van der Waals surface area contributed by atoms with Gasteiger partial charge in [-0.25, -0.2) is 9.48 Å². The number of ether oxygens (including phenoxy) is 2. The first-order valence-corrected chi connectivity index (χ1v) is 8.96. The van der Waals surface area contributed by atoms with Gasteiger partial charge >= 0.3 is 5.97 Å². The molecule has 7 nitrogen and oxygen atoms in total. The lowest BCUT2D eigenvalue weighted by Gasteiger charge is -2.07. The van der Waals surface area contributed by atoms with Crippen LogP contribution in [0.15, 0.2) is 66.9 Å². The van der Waals surface area contributed by atoms with E-state index in [1.807, 2.05) is 54.6 Å². The van der Waals surface area contributed by atoms with Crippen molar-refractivity contribution in [2.45, 2.75) is 13.0 Å². The second-order valence-corrected chi connectivity index (χ2v) is 6.23. The Balaban J connectivity index is 2.00. The van der Waals surface area contributed by atoms with Crippen molar-refractivity contribution >= 4 is 18.0 Å². The van der Waals surface area contributed by atoms with E-state index in [1.165, 1.54) is 13.0 Å². The number of rotatable bonds is 7. The lowest BCUT2D eigenvalue weighted by atomic mass is 10.1. The predicted octanol–water partition coefficient (Wildman–Crippen LogP) is 2.98. The molecule has 0 unspecified atom stereocenters. The first kappa shape index (κ1) is 19.9. The summed E-state index contributed by atoms with van der Waals surface area (Å²) in [5, 5.41) is 4.69. The molecule has 0 aliphatic carbocycles. The average Bonchev–Trinajstić information content (AvgIpc) is 3.17. The number of carbonyl (C=O) groups is 2. The summed E-state index contributed by atoms with van der Waals surface area (Å²) in [5.41, 5.74) is 8.09. The Morgan fingerprint density at radius 2 is 1.79 bits per heavy atom. The van der Waals surface area contributed by atoms with E-state index in [1.54, 1.807) is 24.1 Å². The van der Waals surface area contributed by atoms with Crippen LogP contribution >= 0.6 is 0 Å². The van der Waals surface area contributed by atoms with Crippen LogP contribution in [0.1, 0.15) is 12.5 Å². The molecule has 7 heteroatoms. The largest absolute Gasteiger partial charge is 0.496 e. The van der Waals surface area contributed by atoms with Crippen LogP contribution in [0.4, 0.5) is 0 Å². The van der Waals surface area contributed by atoms with Crippen LogP contribution < -0.4 is 10.5 Å². The lowest BCUT2D eigenvalue weighted by molar-refractivity contribution is -0.148. The molecule has 1 heterocycles. The van der Waals surface area contributed by atoms with Crippen LogP contribution in [0.2, 0.25) is 0 Å². The van der Waals surface area contributed by atoms with Gasteiger partial charge in [0.2, 0.25) is 0 Å². The summed E-state index contributed by atoms with van der Waals surface area (Å²) in [6.07, 6.45) is 3.63. The molecule has 2 N–H and O–H groups in total. The standard InChI is InChI=1S/C22H21N3O4/c1-15(22(23)27)29-20(26)13-12-16-14-25(17-8-4-3-5-9-17)24-21(16)18-10-6-7-11-19(18)28-2/h3-15H,1-2H3,(H2,23,27)/b13-12+/t15-/m0/s1. The summed E-state index contributed by atoms with van der Waals surface area (Å²) >= 11 is 0. The molecule has 1 amide bonds. The summed E-state index contributed by atoms with van der Waals surface area (Å²) in [5.74, 6) is -0.724. The smallest absolute Gasteiger partial charge is 0.331 e. The molecule has 0 spiro atoms. The van der Waals surface area contributed by atoms with E-state index in [0.29, 0.717) is 17.0 Å². The van der Waals surface area contributed by atoms with Gasteiger partial charge in [-0.2, -0.15) is 5.10 Å². The van der Waals surface area contributed by atoms with Gasteiger partial charge < -0.3 is 15.2 Å². The molecule has 0 radical (unpaired) electrons. The maximum Gasteiger partial charge on any atom is 0.331 e. The number of hydrogen-bond donors (Lipinski definition) is 1. The fourth-order valence-corrected chi connectivity index (χ4v) is 2.70. The summed E-state index contributed by atoms with van der Waals surface area (Å²) in [6, 6.07) is 17.1.